The molecule has 1 atom stereocenters. The van der Waals surface area contributed by atoms with E-state index in [0.29, 0.717) is 22.5 Å². The van der Waals surface area contributed by atoms with Crippen LogP contribution >= 0.6 is 15.9 Å². The molecule has 0 saturated carbocycles. The fraction of sp³-hybridized carbons (Fsp3) is 0.412. The molecule has 0 radical (unpaired) electrons. The molecule has 1 N–H and O–H groups in total. The second kappa shape index (κ2) is 7.19. The van der Waals surface area contributed by atoms with Crippen molar-refractivity contribution in [3.05, 3.63) is 33.9 Å². The van der Waals surface area contributed by atoms with E-state index in [0.717, 1.165) is 16.5 Å². The molecule has 0 aliphatic rings. The van der Waals surface area contributed by atoms with Crippen LogP contribution in [-0.2, 0) is 15.7 Å². The molecule has 0 unspecified atom stereocenters. The van der Waals surface area contributed by atoms with E-state index in [2.05, 4.69) is 25.3 Å². The number of fused-ring (bicyclic) bond motifs is 1. The molecule has 0 aliphatic heterocycles. The molecule has 1 aromatic heterocycles. The Kier molecular flexibility index (Phi) is 5.65. The highest BCUT2D eigenvalue weighted by atomic mass is 79.9. The van der Waals surface area contributed by atoms with Crippen molar-refractivity contribution in [1.82, 2.24) is 4.98 Å². The first-order valence-corrected chi connectivity index (χ1v) is 9.51. The number of aromatic amines is 1. The van der Waals surface area contributed by atoms with Crippen LogP contribution in [0.4, 0.5) is 0 Å². The minimum atomic E-state index is -1.35. The number of hydrogen-bond donors (Lipinski definition) is 1. The van der Waals surface area contributed by atoms with Crippen molar-refractivity contribution in [2.24, 2.45) is 4.40 Å². The van der Waals surface area contributed by atoms with Crippen LogP contribution in [0.25, 0.3) is 10.9 Å². The number of para-hydroxylation sites is 1. The number of nitrogens with zero attached hydrogens (tertiary/aromatic N) is 1. The first kappa shape index (κ1) is 18.9. The molecule has 2 aromatic rings. The Hall–Kier alpha value is -1.47. The maximum Gasteiger partial charge on any atom is 0.355 e. The number of carbonyl (C=O) groups excluding carboxylic acids is 1. The van der Waals surface area contributed by atoms with Crippen LogP contribution in [0.1, 0.15) is 50.7 Å². The highest BCUT2D eigenvalue weighted by molar-refractivity contribution is 9.10. The first-order chi connectivity index (χ1) is 11.2. The number of benzene rings is 1. The van der Waals surface area contributed by atoms with Gasteiger partial charge in [0.05, 0.1) is 27.1 Å². The maximum absolute atomic E-state index is 12.3. The molecule has 130 valence electrons. The van der Waals surface area contributed by atoms with Crippen LogP contribution in [0.2, 0.25) is 0 Å². The number of carbonyl (C=O) groups is 1. The third-order valence-electron chi connectivity index (χ3n) is 3.38. The van der Waals surface area contributed by atoms with Crippen LogP contribution in [0.3, 0.4) is 0 Å². The number of rotatable bonds is 4. The number of ether oxygens (including phenoxy) is 1. The predicted molar refractivity (Wildman–Crippen MR) is 102 cm³/mol. The quantitative estimate of drug-likeness (QED) is 0.597. The smallest absolute Gasteiger partial charge is 0.355 e. The van der Waals surface area contributed by atoms with Gasteiger partial charge in [0.2, 0.25) is 0 Å². The second-order valence-corrected chi connectivity index (χ2v) is 9.00. The van der Waals surface area contributed by atoms with Gasteiger partial charge in [-0.1, -0.05) is 18.2 Å². The number of hydrogen-bond acceptors (Lipinski definition) is 3. The van der Waals surface area contributed by atoms with Gasteiger partial charge in [0.15, 0.2) is 0 Å². The molecule has 0 spiro atoms. The molecule has 1 heterocycles. The summed E-state index contributed by atoms with van der Waals surface area (Å²) >= 11 is 3.46. The Bertz CT molecular complexity index is 834. The van der Waals surface area contributed by atoms with Crippen LogP contribution in [-0.4, -0.2) is 32.2 Å². The average molecular weight is 413 g/mol. The lowest BCUT2D eigenvalue weighted by Crippen LogP contribution is -2.20. The topological polar surface area (TPSA) is 71.5 Å². The summed E-state index contributed by atoms with van der Waals surface area (Å²) in [6.07, 6.45) is 0. The van der Waals surface area contributed by atoms with Gasteiger partial charge < -0.3 is 9.72 Å². The van der Waals surface area contributed by atoms with Crippen molar-refractivity contribution >= 4 is 49.5 Å². The second-order valence-electron chi connectivity index (χ2n) is 6.30. The third kappa shape index (κ3) is 3.78. The van der Waals surface area contributed by atoms with Gasteiger partial charge in [-0.2, -0.15) is 4.40 Å². The lowest BCUT2D eigenvalue weighted by Gasteiger charge is -2.14. The van der Waals surface area contributed by atoms with Crippen molar-refractivity contribution in [3.8, 4) is 0 Å². The Morgan fingerprint density at radius 2 is 2.04 bits per heavy atom. The fourth-order valence-corrected chi connectivity index (χ4v) is 3.35. The highest BCUT2D eigenvalue weighted by Crippen LogP contribution is 2.31. The van der Waals surface area contributed by atoms with E-state index in [9.17, 15) is 9.00 Å². The molecule has 0 saturated heterocycles. The van der Waals surface area contributed by atoms with Gasteiger partial charge >= 0.3 is 5.97 Å². The van der Waals surface area contributed by atoms with Crippen LogP contribution in [0, 0.1) is 0 Å². The third-order valence-corrected chi connectivity index (χ3v) is 5.69. The number of nitrogens with one attached hydrogen (secondary N) is 1. The van der Waals surface area contributed by atoms with Crippen molar-refractivity contribution in [1.29, 1.82) is 0 Å². The van der Waals surface area contributed by atoms with E-state index in [1.165, 1.54) is 0 Å². The molecule has 7 heteroatoms. The normalized spacial score (nSPS) is 14.0. The van der Waals surface area contributed by atoms with E-state index >= 15 is 0 Å². The summed E-state index contributed by atoms with van der Waals surface area (Å²) in [6.45, 7) is 9.52. The average Bonchev–Trinajstić information content (AvgIpc) is 2.84. The number of halogens is 1. The van der Waals surface area contributed by atoms with Crippen molar-refractivity contribution in [3.63, 3.8) is 0 Å². The van der Waals surface area contributed by atoms with Gasteiger partial charge in [-0.15, -0.1) is 0 Å². The minimum absolute atomic E-state index is 0.304. The first-order valence-electron chi connectivity index (χ1n) is 7.61. The Balaban J connectivity index is 2.57. The molecular weight excluding hydrogens is 392 g/mol. The standard InChI is InChI=1S/C17H21BrN2O3S/c1-6-23-16(21)15-13(18)12-9-7-8-11(14(12)19-15)10(2)20-24(22)17(3,4)5/h7-9,19H,6H2,1-5H3/b20-10+/t24-/m1/s1. The van der Waals surface area contributed by atoms with Gasteiger partial charge in [-0.05, 0) is 50.5 Å². The maximum atomic E-state index is 12.3. The van der Waals surface area contributed by atoms with Crippen molar-refractivity contribution in [2.75, 3.05) is 6.61 Å². The van der Waals surface area contributed by atoms with Gasteiger partial charge in [-0.25, -0.2) is 9.00 Å². The summed E-state index contributed by atoms with van der Waals surface area (Å²) < 4.78 is 21.9. The molecular formula is C17H21BrN2O3S. The van der Waals surface area contributed by atoms with Crippen LogP contribution < -0.4 is 0 Å². The highest BCUT2D eigenvalue weighted by Gasteiger charge is 2.22. The lowest BCUT2D eigenvalue weighted by molar-refractivity contribution is 0.0519. The summed E-state index contributed by atoms with van der Waals surface area (Å²) in [7, 11) is -1.35. The van der Waals surface area contributed by atoms with Gasteiger partial charge in [0.1, 0.15) is 16.7 Å². The molecule has 0 amide bonds. The van der Waals surface area contributed by atoms with E-state index < -0.39 is 21.7 Å². The molecule has 0 bridgehead atoms. The lowest BCUT2D eigenvalue weighted by atomic mass is 10.1. The summed E-state index contributed by atoms with van der Waals surface area (Å²) in [5, 5.41) is 0.853. The molecule has 5 nitrogen and oxygen atoms in total. The number of H-pyrrole nitrogens is 1. The molecule has 1 aromatic carbocycles. The summed E-state index contributed by atoms with van der Waals surface area (Å²) in [4.78, 5) is 15.2. The SMILES string of the molecule is CCOC(=O)c1[nH]c2c(/C(C)=N/[S@](=O)C(C)(C)C)cccc2c1Br. The fourth-order valence-electron chi connectivity index (χ4n) is 2.14. The monoisotopic (exact) mass is 412 g/mol. The number of aromatic nitrogens is 1. The predicted octanol–water partition coefficient (Wildman–Crippen LogP) is 4.38. The zero-order valence-electron chi connectivity index (χ0n) is 14.4. The molecule has 2 rings (SSSR count). The number of esters is 1. The molecule has 24 heavy (non-hydrogen) atoms. The zero-order chi connectivity index (χ0) is 18.1. The summed E-state index contributed by atoms with van der Waals surface area (Å²) in [6, 6.07) is 5.67. The summed E-state index contributed by atoms with van der Waals surface area (Å²) in [5.41, 5.74) is 2.59. The Labute approximate surface area is 152 Å². The van der Waals surface area contributed by atoms with Gasteiger partial charge in [0.25, 0.3) is 0 Å². The van der Waals surface area contributed by atoms with Crippen molar-refractivity contribution in [2.45, 2.75) is 39.4 Å². The Morgan fingerprint density at radius 3 is 2.62 bits per heavy atom. The van der Waals surface area contributed by atoms with Crippen molar-refractivity contribution < 1.29 is 13.7 Å². The van der Waals surface area contributed by atoms with Gasteiger partial charge in [-0.3, -0.25) is 0 Å². The summed E-state index contributed by atoms with van der Waals surface area (Å²) in [5.74, 6) is -0.417. The van der Waals surface area contributed by atoms with E-state index in [1.54, 1.807) is 6.92 Å². The van der Waals surface area contributed by atoms with E-state index in [-0.39, 0.29) is 0 Å². The van der Waals surface area contributed by atoms with Gasteiger partial charge in [0, 0.05) is 10.9 Å². The molecule has 0 fully saturated rings. The molecule has 0 aliphatic carbocycles. The Morgan fingerprint density at radius 1 is 1.38 bits per heavy atom. The van der Waals surface area contributed by atoms with Crippen LogP contribution in [0.5, 0.6) is 0 Å². The largest absolute Gasteiger partial charge is 0.461 e. The zero-order valence-corrected chi connectivity index (χ0v) is 16.8. The minimum Gasteiger partial charge on any atom is -0.461 e. The van der Waals surface area contributed by atoms with E-state index in [4.69, 9.17) is 4.74 Å². The van der Waals surface area contributed by atoms with E-state index in [1.807, 2.05) is 45.9 Å². The van der Waals surface area contributed by atoms with Crippen LogP contribution in [0.15, 0.2) is 27.1 Å².